The van der Waals surface area contributed by atoms with Crippen LogP contribution in [0.25, 0.3) is 0 Å². The largest absolute Gasteiger partial charge is 0.382 e. The normalized spacial score (nSPS) is 25.4. The van der Waals surface area contributed by atoms with E-state index < -0.39 is 0 Å². The molecule has 2 rings (SSSR count). The SMILES string of the molecule is CC(C)Cc1c(N)n[nH]c1C1CCOCC1C. The number of aromatic amines is 1. The Hall–Kier alpha value is -1.03. The molecule has 4 nitrogen and oxygen atoms in total. The number of H-pyrrole nitrogens is 1. The summed E-state index contributed by atoms with van der Waals surface area (Å²) in [5, 5.41) is 7.34. The van der Waals surface area contributed by atoms with E-state index in [9.17, 15) is 0 Å². The van der Waals surface area contributed by atoms with Crippen LogP contribution in [0.1, 0.15) is 44.4 Å². The lowest BCUT2D eigenvalue weighted by Crippen LogP contribution is -2.24. The first kappa shape index (κ1) is 12.4. The summed E-state index contributed by atoms with van der Waals surface area (Å²) in [6.45, 7) is 8.34. The van der Waals surface area contributed by atoms with Crippen LogP contribution in [0.4, 0.5) is 5.82 Å². The molecule has 0 radical (unpaired) electrons. The van der Waals surface area contributed by atoms with Crippen molar-refractivity contribution in [1.29, 1.82) is 0 Å². The first-order chi connectivity index (χ1) is 8.09. The molecule has 4 heteroatoms. The zero-order valence-corrected chi connectivity index (χ0v) is 11.0. The molecule has 2 unspecified atom stereocenters. The molecule has 2 heterocycles. The van der Waals surface area contributed by atoms with Gasteiger partial charge in [-0.25, -0.2) is 0 Å². The smallest absolute Gasteiger partial charge is 0.148 e. The van der Waals surface area contributed by atoms with E-state index in [1.165, 1.54) is 11.3 Å². The van der Waals surface area contributed by atoms with Gasteiger partial charge in [0.05, 0.1) is 0 Å². The van der Waals surface area contributed by atoms with Gasteiger partial charge in [0.25, 0.3) is 0 Å². The number of nitrogen functional groups attached to an aromatic ring is 1. The summed E-state index contributed by atoms with van der Waals surface area (Å²) < 4.78 is 5.50. The van der Waals surface area contributed by atoms with E-state index in [0.29, 0.717) is 23.6 Å². The van der Waals surface area contributed by atoms with Gasteiger partial charge in [0.2, 0.25) is 0 Å². The Bertz CT molecular complexity index is 373. The molecule has 0 spiro atoms. The molecule has 1 saturated heterocycles. The van der Waals surface area contributed by atoms with Crippen LogP contribution in [-0.2, 0) is 11.2 Å². The third-order valence-corrected chi connectivity index (χ3v) is 3.56. The fraction of sp³-hybridized carbons (Fsp3) is 0.769. The summed E-state index contributed by atoms with van der Waals surface area (Å²) in [5.41, 5.74) is 8.43. The maximum atomic E-state index is 5.97. The highest BCUT2D eigenvalue weighted by Gasteiger charge is 2.28. The predicted molar refractivity (Wildman–Crippen MR) is 68.9 cm³/mol. The van der Waals surface area contributed by atoms with Gasteiger partial charge in [0.1, 0.15) is 5.82 Å². The summed E-state index contributed by atoms with van der Waals surface area (Å²) in [6, 6.07) is 0. The molecule has 0 aliphatic carbocycles. The maximum Gasteiger partial charge on any atom is 0.148 e. The van der Waals surface area contributed by atoms with Crippen molar-refractivity contribution < 1.29 is 4.74 Å². The first-order valence-electron chi connectivity index (χ1n) is 6.50. The number of nitrogens with two attached hydrogens (primary N) is 1. The zero-order valence-electron chi connectivity index (χ0n) is 11.0. The molecule has 1 fully saturated rings. The minimum atomic E-state index is 0.516. The molecule has 17 heavy (non-hydrogen) atoms. The number of aromatic nitrogens is 2. The van der Waals surface area contributed by atoms with Gasteiger partial charge in [-0.2, -0.15) is 5.10 Å². The molecule has 1 aromatic rings. The number of ether oxygens (including phenoxy) is 1. The van der Waals surface area contributed by atoms with Crippen molar-refractivity contribution in [3.8, 4) is 0 Å². The number of nitrogens with zero attached hydrogens (tertiary/aromatic N) is 1. The number of rotatable bonds is 3. The Morgan fingerprint density at radius 3 is 2.94 bits per heavy atom. The monoisotopic (exact) mass is 237 g/mol. The van der Waals surface area contributed by atoms with E-state index >= 15 is 0 Å². The predicted octanol–water partition coefficient (Wildman–Crippen LogP) is 2.33. The van der Waals surface area contributed by atoms with Crippen molar-refractivity contribution in [2.75, 3.05) is 18.9 Å². The quantitative estimate of drug-likeness (QED) is 0.848. The van der Waals surface area contributed by atoms with Crippen LogP contribution in [0.5, 0.6) is 0 Å². The van der Waals surface area contributed by atoms with Crippen LogP contribution >= 0.6 is 0 Å². The van der Waals surface area contributed by atoms with Crippen LogP contribution in [0.3, 0.4) is 0 Å². The van der Waals surface area contributed by atoms with Crippen molar-refractivity contribution in [1.82, 2.24) is 10.2 Å². The molecule has 0 aromatic carbocycles. The van der Waals surface area contributed by atoms with Gasteiger partial charge >= 0.3 is 0 Å². The van der Waals surface area contributed by atoms with Gasteiger partial charge in [-0.1, -0.05) is 20.8 Å². The second-order valence-corrected chi connectivity index (χ2v) is 5.55. The second kappa shape index (κ2) is 5.08. The fourth-order valence-corrected chi connectivity index (χ4v) is 2.63. The number of hydrogen-bond donors (Lipinski definition) is 2. The summed E-state index contributed by atoms with van der Waals surface area (Å²) in [5.74, 6) is 2.33. The molecule has 0 amide bonds. The standard InChI is InChI=1S/C13H23N3O/c1-8(2)6-11-12(15-16-13(11)14)10-4-5-17-7-9(10)3/h8-10H,4-7H2,1-3H3,(H3,14,15,16). The minimum Gasteiger partial charge on any atom is -0.382 e. The molecule has 2 atom stereocenters. The van der Waals surface area contributed by atoms with Gasteiger partial charge in [0, 0.05) is 30.4 Å². The van der Waals surface area contributed by atoms with E-state index in [1.807, 2.05) is 0 Å². The lowest BCUT2D eigenvalue weighted by molar-refractivity contribution is 0.0461. The molecule has 1 aliphatic heterocycles. The lowest BCUT2D eigenvalue weighted by Gasteiger charge is -2.29. The summed E-state index contributed by atoms with van der Waals surface area (Å²) in [7, 11) is 0. The van der Waals surface area contributed by atoms with Crippen LogP contribution < -0.4 is 5.73 Å². The van der Waals surface area contributed by atoms with E-state index in [4.69, 9.17) is 10.5 Å². The first-order valence-corrected chi connectivity index (χ1v) is 6.50. The minimum absolute atomic E-state index is 0.516. The van der Waals surface area contributed by atoms with Gasteiger partial charge in [0.15, 0.2) is 0 Å². The fourth-order valence-electron chi connectivity index (χ4n) is 2.63. The molecule has 0 bridgehead atoms. The average molecular weight is 237 g/mol. The van der Waals surface area contributed by atoms with Crippen molar-refractivity contribution in [3.63, 3.8) is 0 Å². The van der Waals surface area contributed by atoms with Crippen molar-refractivity contribution in [2.24, 2.45) is 11.8 Å². The summed E-state index contributed by atoms with van der Waals surface area (Å²) in [4.78, 5) is 0. The Morgan fingerprint density at radius 1 is 1.53 bits per heavy atom. The Labute approximate surface area is 103 Å². The van der Waals surface area contributed by atoms with E-state index in [0.717, 1.165) is 26.1 Å². The number of hydrogen-bond acceptors (Lipinski definition) is 3. The van der Waals surface area contributed by atoms with Crippen molar-refractivity contribution in [2.45, 2.75) is 39.5 Å². The molecule has 1 aliphatic rings. The van der Waals surface area contributed by atoms with Crippen LogP contribution in [-0.4, -0.2) is 23.4 Å². The molecule has 3 N–H and O–H groups in total. The Morgan fingerprint density at radius 2 is 2.29 bits per heavy atom. The van der Waals surface area contributed by atoms with Gasteiger partial charge in [-0.05, 0) is 24.7 Å². The van der Waals surface area contributed by atoms with E-state index in [-0.39, 0.29) is 0 Å². The number of anilines is 1. The highest BCUT2D eigenvalue weighted by molar-refractivity contribution is 5.44. The molecular formula is C13H23N3O. The van der Waals surface area contributed by atoms with Crippen molar-refractivity contribution in [3.05, 3.63) is 11.3 Å². The third-order valence-electron chi connectivity index (χ3n) is 3.56. The lowest BCUT2D eigenvalue weighted by atomic mass is 9.84. The summed E-state index contributed by atoms with van der Waals surface area (Å²) >= 11 is 0. The van der Waals surface area contributed by atoms with Crippen LogP contribution in [0, 0.1) is 11.8 Å². The Kier molecular flexibility index (Phi) is 3.72. The summed E-state index contributed by atoms with van der Waals surface area (Å²) in [6.07, 6.45) is 2.07. The third kappa shape index (κ3) is 2.63. The van der Waals surface area contributed by atoms with E-state index in [1.54, 1.807) is 0 Å². The average Bonchev–Trinajstić information content (AvgIpc) is 2.61. The molecule has 1 aromatic heterocycles. The van der Waals surface area contributed by atoms with Crippen LogP contribution in [0.15, 0.2) is 0 Å². The zero-order chi connectivity index (χ0) is 12.4. The maximum absolute atomic E-state index is 5.97. The van der Waals surface area contributed by atoms with Crippen LogP contribution in [0.2, 0.25) is 0 Å². The highest BCUT2D eigenvalue weighted by Crippen LogP contribution is 2.34. The molecular weight excluding hydrogens is 214 g/mol. The molecule has 0 saturated carbocycles. The number of nitrogens with one attached hydrogen (secondary N) is 1. The van der Waals surface area contributed by atoms with Gasteiger partial charge < -0.3 is 10.5 Å². The second-order valence-electron chi connectivity index (χ2n) is 5.55. The van der Waals surface area contributed by atoms with E-state index in [2.05, 4.69) is 31.0 Å². The van der Waals surface area contributed by atoms with Gasteiger partial charge in [-0.3, -0.25) is 5.10 Å². The molecule has 96 valence electrons. The van der Waals surface area contributed by atoms with Gasteiger partial charge in [-0.15, -0.1) is 0 Å². The topological polar surface area (TPSA) is 63.9 Å². The van der Waals surface area contributed by atoms with Crippen molar-refractivity contribution >= 4 is 5.82 Å². The highest BCUT2D eigenvalue weighted by atomic mass is 16.5. The Balaban J connectivity index is 2.24.